The minimum Gasteiger partial charge on any atom is -0.489 e. The lowest BCUT2D eigenvalue weighted by Gasteiger charge is -2.11. The Morgan fingerprint density at radius 2 is 1.83 bits per heavy atom. The average molecular weight is 318 g/mol. The Hall–Kier alpha value is -3.07. The molecule has 0 aromatic heterocycles. The second-order valence-electron chi connectivity index (χ2n) is 5.47. The van der Waals surface area contributed by atoms with E-state index in [4.69, 9.17) is 4.74 Å². The molecule has 0 aliphatic carbocycles. The number of carbonyl (C=O) groups is 1. The number of hydrogen-bond acceptors (Lipinski definition) is 2. The molecule has 0 spiro atoms. The first-order valence-electron chi connectivity index (χ1n) is 7.78. The molecule has 0 radical (unpaired) electrons. The van der Waals surface area contributed by atoms with Crippen LogP contribution < -0.4 is 4.74 Å². The van der Waals surface area contributed by atoms with Crippen molar-refractivity contribution in [1.29, 1.82) is 0 Å². The Kier molecular flexibility index (Phi) is 4.62. The SMILES string of the molecule is CC=C(C(=O)O)c1cccc2ccc(OCc3ccccc3)cc12. The fourth-order valence-electron chi connectivity index (χ4n) is 2.71. The van der Waals surface area contributed by atoms with Gasteiger partial charge in [0, 0.05) is 0 Å². The number of benzene rings is 3. The van der Waals surface area contributed by atoms with Crippen LogP contribution in [-0.4, -0.2) is 11.1 Å². The zero-order chi connectivity index (χ0) is 16.9. The highest BCUT2D eigenvalue weighted by atomic mass is 16.5. The van der Waals surface area contributed by atoms with Crippen molar-refractivity contribution in [3.8, 4) is 5.75 Å². The lowest BCUT2D eigenvalue weighted by atomic mass is 9.98. The van der Waals surface area contributed by atoms with Gasteiger partial charge in [-0.1, -0.05) is 60.7 Å². The molecule has 0 bridgehead atoms. The molecule has 1 N–H and O–H groups in total. The van der Waals surface area contributed by atoms with Crippen molar-refractivity contribution in [3.05, 3.63) is 83.9 Å². The van der Waals surface area contributed by atoms with Crippen molar-refractivity contribution in [2.45, 2.75) is 13.5 Å². The van der Waals surface area contributed by atoms with Crippen LogP contribution in [0.1, 0.15) is 18.1 Å². The molecule has 3 nitrogen and oxygen atoms in total. The summed E-state index contributed by atoms with van der Waals surface area (Å²) in [7, 11) is 0. The second kappa shape index (κ2) is 7.01. The third-order valence-electron chi connectivity index (χ3n) is 3.91. The first-order chi connectivity index (χ1) is 11.7. The Labute approximate surface area is 140 Å². The normalized spacial score (nSPS) is 11.5. The number of allylic oxidation sites excluding steroid dienone is 1. The van der Waals surface area contributed by atoms with Crippen LogP contribution in [0.3, 0.4) is 0 Å². The van der Waals surface area contributed by atoms with Gasteiger partial charge in [-0.25, -0.2) is 4.79 Å². The predicted octanol–water partition coefficient (Wildman–Crippen LogP) is 4.91. The fourth-order valence-corrected chi connectivity index (χ4v) is 2.71. The summed E-state index contributed by atoms with van der Waals surface area (Å²) in [5.74, 6) is -0.208. The molecule has 0 saturated carbocycles. The van der Waals surface area contributed by atoms with Gasteiger partial charge in [-0.05, 0) is 41.0 Å². The van der Waals surface area contributed by atoms with Crippen LogP contribution in [0.2, 0.25) is 0 Å². The zero-order valence-electron chi connectivity index (χ0n) is 13.4. The van der Waals surface area contributed by atoms with E-state index in [0.29, 0.717) is 17.7 Å². The smallest absolute Gasteiger partial charge is 0.335 e. The van der Waals surface area contributed by atoms with E-state index in [1.807, 2.05) is 66.7 Å². The van der Waals surface area contributed by atoms with Crippen molar-refractivity contribution in [2.75, 3.05) is 0 Å². The van der Waals surface area contributed by atoms with E-state index < -0.39 is 5.97 Å². The number of aliphatic carboxylic acids is 1. The second-order valence-corrected chi connectivity index (χ2v) is 5.47. The molecular weight excluding hydrogens is 300 g/mol. The Bertz CT molecular complexity index is 895. The van der Waals surface area contributed by atoms with Crippen molar-refractivity contribution < 1.29 is 14.6 Å². The van der Waals surface area contributed by atoms with Gasteiger partial charge in [0.05, 0.1) is 5.57 Å². The Morgan fingerprint density at radius 1 is 1.04 bits per heavy atom. The van der Waals surface area contributed by atoms with Crippen LogP contribution >= 0.6 is 0 Å². The number of ether oxygens (including phenoxy) is 1. The molecule has 3 aromatic rings. The van der Waals surface area contributed by atoms with E-state index in [9.17, 15) is 9.90 Å². The summed E-state index contributed by atoms with van der Waals surface area (Å²) >= 11 is 0. The summed E-state index contributed by atoms with van der Waals surface area (Å²) in [6.45, 7) is 2.21. The molecule has 0 amide bonds. The van der Waals surface area contributed by atoms with Gasteiger partial charge in [0.2, 0.25) is 0 Å². The van der Waals surface area contributed by atoms with E-state index in [1.54, 1.807) is 13.0 Å². The van der Waals surface area contributed by atoms with E-state index in [2.05, 4.69) is 0 Å². The van der Waals surface area contributed by atoms with Crippen molar-refractivity contribution in [1.82, 2.24) is 0 Å². The maximum absolute atomic E-state index is 11.5. The molecule has 3 aromatic carbocycles. The van der Waals surface area contributed by atoms with Gasteiger partial charge in [0.15, 0.2) is 0 Å². The Morgan fingerprint density at radius 3 is 2.54 bits per heavy atom. The lowest BCUT2D eigenvalue weighted by Crippen LogP contribution is -2.00. The summed E-state index contributed by atoms with van der Waals surface area (Å²) in [6.07, 6.45) is 1.62. The fraction of sp³-hybridized carbons (Fsp3) is 0.0952. The van der Waals surface area contributed by atoms with Gasteiger partial charge in [-0.2, -0.15) is 0 Å². The summed E-state index contributed by atoms with van der Waals surface area (Å²) in [5, 5.41) is 11.3. The predicted molar refractivity (Wildman–Crippen MR) is 96.0 cm³/mol. The third kappa shape index (κ3) is 3.30. The van der Waals surface area contributed by atoms with Gasteiger partial charge < -0.3 is 9.84 Å². The zero-order valence-corrected chi connectivity index (χ0v) is 13.4. The van der Waals surface area contributed by atoms with Gasteiger partial charge in [0.1, 0.15) is 12.4 Å². The molecule has 0 fully saturated rings. The van der Waals surface area contributed by atoms with E-state index >= 15 is 0 Å². The third-order valence-corrected chi connectivity index (χ3v) is 3.91. The number of carboxylic acids is 1. The van der Waals surface area contributed by atoms with Crippen LogP contribution in [0.5, 0.6) is 5.75 Å². The average Bonchev–Trinajstić information content (AvgIpc) is 2.61. The quantitative estimate of drug-likeness (QED) is 0.680. The van der Waals surface area contributed by atoms with Crippen LogP contribution in [0.4, 0.5) is 0 Å². The van der Waals surface area contributed by atoms with Crippen LogP contribution in [0.25, 0.3) is 16.3 Å². The highest BCUT2D eigenvalue weighted by Gasteiger charge is 2.13. The number of fused-ring (bicyclic) bond motifs is 1. The molecule has 0 saturated heterocycles. The molecule has 0 atom stereocenters. The van der Waals surface area contributed by atoms with E-state index in [0.717, 1.165) is 22.1 Å². The molecule has 0 aliphatic heterocycles. The molecule has 120 valence electrons. The van der Waals surface area contributed by atoms with Crippen molar-refractivity contribution >= 4 is 22.3 Å². The standard InChI is InChI=1S/C21H18O3/c1-2-18(21(22)23)19-10-6-9-16-11-12-17(13-20(16)19)24-14-15-7-4-3-5-8-15/h2-13H,14H2,1H3,(H,22,23). The van der Waals surface area contributed by atoms with Gasteiger partial charge in [0.25, 0.3) is 0 Å². The summed E-state index contributed by atoms with van der Waals surface area (Å²) in [4.78, 5) is 11.5. The van der Waals surface area contributed by atoms with Crippen LogP contribution in [-0.2, 0) is 11.4 Å². The number of hydrogen-bond donors (Lipinski definition) is 1. The van der Waals surface area contributed by atoms with Crippen LogP contribution in [0, 0.1) is 0 Å². The van der Waals surface area contributed by atoms with Gasteiger partial charge in [-0.3, -0.25) is 0 Å². The minimum atomic E-state index is -0.930. The van der Waals surface area contributed by atoms with E-state index in [-0.39, 0.29) is 0 Å². The molecule has 3 rings (SSSR count). The molecule has 0 unspecified atom stereocenters. The van der Waals surface area contributed by atoms with Crippen LogP contribution in [0.15, 0.2) is 72.8 Å². The number of carboxylic acid groups (broad SMARTS) is 1. The summed E-state index contributed by atoms with van der Waals surface area (Å²) in [5.41, 5.74) is 2.08. The molecule has 3 heteroatoms. The first-order valence-corrected chi connectivity index (χ1v) is 7.78. The maximum Gasteiger partial charge on any atom is 0.335 e. The largest absolute Gasteiger partial charge is 0.489 e. The maximum atomic E-state index is 11.5. The molecule has 24 heavy (non-hydrogen) atoms. The monoisotopic (exact) mass is 318 g/mol. The highest BCUT2D eigenvalue weighted by Crippen LogP contribution is 2.29. The van der Waals surface area contributed by atoms with E-state index in [1.165, 1.54) is 0 Å². The summed E-state index contributed by atoms with van der Waals surface area (Å²) in [6, 6.07) is 21.4. The number of rotatable bonds is 5. The first kappa shape index (κ1) is 15.8. The lowest BCUT2D eigenvalue weighted by molar-refractivity contribution is -0.130. The summed E-state index contributed by atoms with van der Waals surface area (Å²) < 4.78 is 5.86. The molecular formula is C21H18O3. The molecule has 0 aliphatic rings. The molecule has 0 heterocycles. The van der Waals surface area contributed by atoms with Crippen molar-refractivity contribution in [3.63, 3.8) is 0 Å². The highest BCUT2D eigenvalue weighted by molar-refractivity contribution is 6.19. The van der Waals surface area contributed by atoms with Crippen molar-refractivity contribution in [2.24, 2.45) is 0 Å². The Balaban J connectivity index is 1.96. The van der Waals surface area contributed by atoms with Gasteiger partial charge >= 0.3 is 5.97 Å². The van der Waals surface area contributed by atoms with Gasteiger partial charge in [-0.15, -0.1) is 0 Å². The minimum absolute atomic E-state index is 0.292. The topological polar surface area (TPSA) is 46.5 Å².